The molecular weight excluding hydrogens is 208 g/mol. The predicted molar refractivity (Wildman–Crippen MR) is 57.1 cm³/mol. The van der Waals surface area contributed by atoms with Crippen LogP contribution in [-0.2, 0) is 9.47 Å². The van der Waals surface area contributed by atoms with Gasteiger partial charge in [0.05, 0.1) is 12.2 Å². The number of carbonyl (C=O) groups is 1. The van der Waals surface area contributed by atoms with Gasteiger partial charge in [-0.05, 0) is 37.1 Å². The number of esters is 1. The first kappa shape index (κ1) is 11.0. The van der Waals surface area contributed by atoms with Gasteiger partial charge in [0.15, 0.2) is 0 Å². The molecule has 1 aliphatic rings. The highest BCUT2D eigenvalue weighted by molar-refractivity contribution is 5.89. The maximum Gasteiger partial charge on any atom is 0.340 e. The zero-order valence-corrected chi connectivity index (χ0v) is 8.89. The summed E-state index contributed by atoms with van der Waals surface area (Å²) in [6.07, 6.45) is 2.37. The van der Waals surface area contributed by atoms with Gasteiger partial charge in [0.2, 0.25) is 6.29 Å². The molecule has 1 fully saturated rings. The Morgan fingerprint density at radius 3 is 2.69 bits per heavy atom. The normalized spacial score (nSPS) is 20.4. The number of ether oxygens (including phenoxy) is 2. The molecule has 1 heterocycles. The molecule has 0 saturated carbocycles. The number of hydrogen-bond donors (Lipinski definition) is 1. The molecule has 1 aromatic rings. The van der Waals surface area contributed by atoms with Crippen molar-refractivity contribution < 1.29 is 19.4 Å². The van der Waals surface area contributed by atoms with Crippen LogP contribution in [0.15, 0.2) is 24.3 Å². The summed E-state index contributed by atoms with van der Waals surface area (Å²) >= 11 is 0. The van der Waals surface area contributed by atoms with E-state index in [0.29, 0.717) is 12.2 Å². The van der Waals surface area contributed by atoms with Crippen LogP contribution >= 0.6 is 0 Å². The number of rotatable bonds is 2. The van der Waals surface area contributed by atoms with Gasteiger partial charge in [-0.15, -0.1) is 0 Å². The Balaban J connectivity index is 1.94. The maximum absolute atomic E-state index is 11.6. The highest BCUT2D eigenvalue weighted by Crippen LogP contribution is 2.16. The van der Waals surface area contributed by atoms with E-state index in [1.807, 2.05) is 0 Å². The Hall–Kier alpha value is -1.55. The van der Waals surface area contributed by atoms with Gasteiger partial charge in [0, 0.05) is 6.42 Å². The van der Waals surface area contributed by atoms with E-state index in [2.05, 4.69) is 0 Å². The standard InChI is InChI=1S/C12H14O4/c13-10-6-4-9(5-7-10)12(14)16-11-3-1-2-8-15-11/h4-7,11,13H,1-3,8H2/t11-/m0/s1. The average Bonchev–Trinajstić information content (AvgIpc) is 2.31. The first-order chi connectivity index (χ1) is 7.75. The molecule has 0 bridgehead atoms. The third-order valence-electron chi connectivity index (χ3n) is 2.48. The molecule has 0 aliphatic carbocycles. The molecule has 0 spiro atoms. The maximum atomic E-state index is 11.6. The third kappa shape index (κ3) is 2.73. The molecule has 86 valence electrons. The van der Waals surface area contributed by atoms with E-state index in [9.17, 15) is 4.79 Å². The zero-order chi connectivity index (χ0) is 11.4. The summed E-state index contributed by atoms with van der Waals surface area (Å²) < 4.78 is 10.5. The van der Waals surface area contributed by atoms with Crippen molar-refractivity contribution in [2.24, 2.45) is 0 Å². The van der Waals surface area contributed by atoms with Gasteiger partial charge in [-0.1, -0.05) is 0 Å². The van der Waals surface area contributed by atoms with Crippen molar-refractivity contribution in [3.8, 4) is 5.75 Å². The Kier molecular flexibility index (Phi) is 3.41. The summed E-state index contributed by atoms with van der Waals surface area (Å²) in [7, 11) is 0. The lowest BCUT2D eigenvalue weighted by Gasteiger charge is -2.22. The van der Waals surface area contributed by atoms with Gasteiger partial charge in [-0.25, -0.2) is 4.79 Å². The van der Waals surface area contributed by atoms with Crippen LogP contribution in [0.5, 0.6) is 5.75 Å². The van der Waals surface area contributed by atoms with E-state index in [0.717, 1.165) is 19.3 Å². The molecule has 0 amide bonds. The Labute approximate surface area is 93.8 Å². The van der Waals surface area contributed by atoms with E-state index < -0.39 is 12.3 Å². The second-order valence-corrected chi connectivity index (χ2v) is 3.75. The van der Waals surface area contributed by atoms with Gasteiger partial charge >= 0.3 is 5.97 Å². The summed E-state index contributed by atoms with van der Waals surface area (Å²) in [5.41, 5.74) is 0.423. The molecule has 4 heteroatoms. The highest BCUT2D eigenvalue weighted by Gasteiger charge is 2.18. The zero-order valence-electron chi connectivity index (χ0n) is 8.89. The second kappa shape index (κ2) is 4.99. The van der Waals surface area contributed by atoms with Crippen molar-refractivity contribution in [1.29, 1.82) is 0 Å². The summed E-state index contributed by atoms with van der Waals surface area (Å²) in [6, 6.07) is 5.97. The Bertz CT molecular complexity index is 352. The molecule has 1 aliphatic heterocycles. The van der Waals surface area contributed by atoms with Crippen LogP contribution in [0, 0.1) is 0 Å². The molecule has 0 radical (unpaired) electrons. The van der Waals surface area contributed by atoms with Crippen LogP contribution in [0.3, 0.4) is 0 Å². The first-order valence-corrected chi connectivity index (χ1v) is 5.37. The quantitative estimate of drug-likeness (QED) is 0.778. The fourth-order valence-corrected chi connectivity index (χ4v) is 1.59. The van der Waals surface area contributed by atoms with Crippen LogP contribution in [0.2, 0.25) is 0 Å². The average molecular weight is 222 g/mol. The Morgan fingerprint density at radius 1 is 1.31 bits per heavy atom. The van der Waals surface area contributed by atoms with Crippen molar-refractivity contribution >= 4 is 5.97 Å². The van der Waals surface area contributed by atoms with Crippen LogP contribution < -0.4 is 0 Å². The van der Waals surface area contributed by atoms with E-state index in [-0.39, 0.29) is 5.75 Å². The van der Waals surface area contributed by atoms with Gasteiger partial charge in [0.1, 0.15) is 5.75 Å². The number of phenols is 1. The number of carbonyl (C=O) groups excluding carboxylic acids is 1. The molecule has 1 atom stereocenters. The Morgan fingerprint density at radius 2 is 2.06 bits per heavy atom. The molecule has 0 unspecified atom stereocenters. The van der Waals surface area contributed by atoms with Crippen molar-refractivity contribution in [2.75, 3.05) is 6.61 Å². The molecule has 16 heavy (non-hydrogen) atoms. The highest BCUT2D eigenvalue weighted by atomic mass is 16.7. The van der Waals surface area contributed by atoms with Gasteiger partial charge in [-0.2, -0.15) is 0 Å². The lowest BCUT2D eigenvalue weighted by atomic mass is 10.2. The topological polar surface area (TPSA) is 55.8 Å². The number of aromatic hydroxyl groups is 1. The first-order valence-electron chi connectivity index (χ1n) is 5.37. The molecule has 4 nitrogen and oxygen atoms in total. The van der Waals surface area contributed by atoms with Gasteiger partial charge < -0.3 is 14.6 Å². The van der Waals surface area contributed by atoms with Crippen LogP contribution in [0.1, 0.15) is 29.6 Å². The largest absolute Gasteiger partial charge is 0.508 e. The van der Waals surface area contributed by atoms with Crippen molar-refractivity contribution in [3.05, 3.63) is 29.8 Å². The SMILES string of the molecule is O=C(O[C@H]1CCCCO1)c1ccc(O)cc1. The third-order valence-corrected chi connectivity index (χ3v) is 2.48. The minimum atomic E-state index is -0.421. The van der Waals surface area contributed by atoms with Crippen LogP contribution in [-0.4, -0.2) is 24.0 Å². The smallest absolute Gasteiger partial charge is 0.340 e. The fourth-order valence-electron chi connectivity index (χ4n) is 1.59. The summed E-state index contributed by atoms with van der Waals surface area (Å²) in [5.74, 6) is -0.280. The monoisotopic (exact) mass is 222 g/mol. The minimum Gasteiger partial charge on any atom is -0.508 e. The van der Waals surface area contributed by atoms with Gasteiger partial charge in [0.25, 0.3) is 0 Å². The van der Waals surface area contributed by atoms with E-state index in [1.165, 1.54) is 24.3 Å². The van der Waals surface area contributed by atoms with E-state index in [4.69, 9.17) is 14.6 Å². The molecule has 0 aromatic heterocycles. The summed E-state index contributed by atoms with van der Waals surface area (Å²) in [4.78, 5) is 11.6. The number of hydrogen-bond acceptors (Lipinski definition) is 4. The lowest BCUT2D eigenvalue weighted by Crippen LogP contribution is -2.25. The number of benzene rings is 1. The van der Waals surface area contributed by atoms with Crippen LogP contribution in [0.25, 0.3) is 0 Å². The van der Waals surface area contributed by atoms with Gasteiger partial charge in [-0.3, -0.25) is 0 Å². The van der Waals surface area contributed by atoms with Crippen molar-refractivity contribution in [1.82, 2.24) is 0 Å². The van der Waals surface area contributed by atoms with Crippen molar-refractivity contribution in [3.63, 3.8) is 0 Å². The summed E-state index contributed by atoms with van der Waals surface area (Å²) in [6.45, 7) is 0.646. The van der Waals surface area contributed by atoms with E-state index in [1.54, 1.807) is 0 Å². The number of phenolic OH excluding ortho intramolecular Hbond substituents is 1. The summed E-state index contributed by atoms with van der Waals surface area (Å²) in [5, 5.41) is 9.08. The molecule has 1 N–H and O–H groups in total. The molecule has 1 aromatic carbocycles. The van der Waals surface area contributed by atoms with Crippen molar-refractivity contribution in [2.45, 2.75) is 25.6 Å². The second-order valence-electron chi connectivity index (χ2n) is 3.75. The molecule has 2 rings (SSSR count). The fraction of sp³-hybridized carbons (Fsp3) is 0.417. The van der Waals surface area contributed by atoms with Crippen LogP contribution in [0.4, 0.5) is 0 Å². The predicted octanol–water partition coefficient (Wildman–Crippen LogP) is 2.08. The van der Waals surface area contributed by atoms with E-state index >= 15 is 0 Å². The molecule has 1 saturated heterocycles. The minimum absolute atomic E-state index is 0.130. The lowest BCUT2D eigenvalue weighted by molar-refractivity contribution is -0.130. The molecular formula is C12H14O4.